The monoisotopic (exact) mass is 275 g/mol. The number of hydrogen-bond acceptors (Lipinski definition) is 2. The van der Waals surface area contributed by atoms with Gasteiger partial charge in [0.1, 0.15) is 0 Å². The van der Waals surface area contributed by atoms with Crippen molar-refractivity contribution in [2.24, 2.45) is 11.7 Å². The van der Waals surface area contributed by atoms with E-state index in [1.54, 1.807) is 0 Å². The van der Waals surface area contributed by atoms with Gasteiger partial charge < -0.3 is 10.5 Å². The minimum absolute atomic E-state index is 0.00990. The van der Waals surface area contributed by atoms with Gasteiger partial charge in [-0.1, -0.05) is 57.4 Å². The number of benzene rings is 1. The summed E-state index contributed by atoms with van der Waals surface area (Å²) in [4.78, 5) is 0. The molecule has 1 fully saturated rings. The maximum Gasteiger partial charge on any atom is 0.0791 e. The van der Waals surface area contributed by atoms with Crippen LogP contribution < -0.4 is 5.73 Å². The number of ether oxygens (including phenoxy) is 1. The average molecular weight is 275 g/mol. The molecule has 0 spiro atoms. The van der Waals surface area contributed by atoms with E-state index >= 15 is 0 Å². The topological polar surface area (TPSA) is 35.2 Å². The molecule has 1 aromatic carbocycles. The van der Waals surface area contributed by atoms with Crippen LogP contribution in [0.15, 0.2) is 24.3 Å². The molecule has 0 bridgehead atoms. The lowest BCUT2D eigenvalue weighted by Crippen LogP contribution is -2.35. The Morgan fingerprint density at radius 1 is 1.00 bits per heavy atom. The van der Waals surface area contributed by atoms with Crippen molar-refractivity contribution in [2.45, 2.75) is 64.0 Å². The molecule has 0 saturated heterocycles. The zero-order valence-corrected chi connectivity index (χ0v) is 13.1. The Balaban J connectivity index is 2.08. The first-order valence-electron chi connectivity index (χ1n) is 8.01. The van der Waals surface area contributed by atoms with Crippen molar-refractivity contribution in [3.63, 3.8) is 0 Å². The third-order valence-electron chi connectivity index (χ3n) is 4.73. The fraction of sp³-hybridized carbons (Fsp3) is 0.667. The molecule has 0 heterocycles. The summed E-state index contributed by atoms with van der Waals surface area (Å²) in [6.45, 7) is 4.43. The van der Waals surface area contributed by atoms with Crippen LogP contribution in [-0.2, 0) is 4.74 Å². The lowest BCUT2D eigenvalue weighted by molar-refractivity contribution is 0.0173. The van der Waals surface area contributed by atoms with Crippen LogP contribution in [0.1, 0.15) is 69.0 Å². The Morgan fingerprint density at radius 2 is 1.55 bits per heavy atom. The SMILES string of the molecule is COC(C1CCCCC1)C(N)c1ccc(C(C)C)cc1. The molecule has 2 rings (SSSR count). The van der Waals surface area contributed by atoms with E-state index in [0.717, 1.165) is 0 Å². The number of hydrogen-bond donors (Lipinski definition) is 1. The molecule has 112 valence electrons. The highest BCUT2D eigenvalue weighted by atomic mass is 16.5. The Labute approximate surface area is 123 Å². The molecule has 1 aliphatic carbocycles. The predicted molar refractivity (Wildman–Crippen MR) is 84.8 cm³/mol. The normalized spacial score (nSPS) is 20.1. The summed E-state index contributed by atoms with van der Waals surface area (Å²) < 4.78 is 5.76. The summed E-state index contributed by atoms with van der Waals surface area (Å²) in [5.41, 5.74) is 9.05. The van der Waals surface area contributed by atoms with Crippen molar-refractivity contribution in [3.8, 4) is 0 Å². The summed E-state index contributed by atoms with van der Waals surface area (Å²) >= 11 is 0. The van der Waals surface area contributed by atoms with Crippen molar-refractivity contribution < 1.29 is 4.74 Å². The van der Waals surface area contributed by atoms with Crippen LogP contribution >= 0.6 is 0 Å². The van der Waals surface area contributed by atoms with Crippen LogP contribution in [0.4, 0.5) is 0 Å². The molecule has 1 aliphatic rings. The van der Waals surface area contributed by atoms with E-state index in [1.165, 1.54) is 43.2 Å². The molecule has 2 heteroatoms. The van der Waals surface area contributed by atoms with E-state index in [0.29, 0.717) is 11.8 Å². The van der Waals surface area contributed by atoms with Crippen LogP contribution in [0.2, 0.25) is 0 Å². The summed E-state index contributed by atoms with van der Waals surface area (Å²) in [6.07, 6.45) is 6.69. The molecule has 2 unspecified atom stereocenters. The van der Waals surface area contributed by atoms with Gasteiger partial charge in [-0.2, -0.15) is 0 Å². The molecule has 0 radical (unpaired) electrons. The average Bonchev–Trinajstić information content (AvgIpc) is 2.49. The van der Waals surface area contributed by atoms with Crippen LogP contribution in [0.5, 0.6) is 0 Å². The van der Waals surface area contributed by atoms with Crippen molar-refractivity contribution in [2.75, 3.05) is 7.11 Å². The van der Waals surface area contributed by atoms with Crippen molar-refractivity contribution >= 4 is 0 Å². The summed E-state index contributed by atoms with van der Waals surface area (Å²) in [5, 5.41) is 0. The molecule has 0 amide bonds. The first-order chi connectivity index (χ1) is 9.63. The first-order valence-corrected chi connectivity index (χ1v) is 8.01. The van der Waals surface area contributed by atoms with Gasteiger partial charge in [0.15, 0.2) is 0 Å². The van der Waals surface area contributed by atoms with Gasteiger partial charge in [-0.05, 0) is 35.8 Å². The van der Waals surface area contributed by atoms with Crippen LogP contribution in [-0.4, -0.2) is 13.2 Å². The van der Waals surface area contributed by atoms with Crippen LogP contribution in [0, 0.1) is 5.92 Å². The van der Waals surface area contributed by atoms with E-state index in [9.17, 15) is 0 Å². The van der Waals surface area contributed by atoms with Crippen molar-refractivity contribution in [1.82, 2.24) is 0 Å². The quantitative estimate of drug-likeness (QED) is 0.864. The molecule has 2 N–H and O–H groups in total. The molecular weight excluding hydrogens is 246 g/mol. The highest BCUT2D eigenvalue weighted by Crippen LogP contribution is 2.33. The standard InChI is InChI=1S/C18H29NO/c1-13(2)14-9-11-15(12-10-14)17(19)18(20-3)16-7-5-4-6-8-16/h9-13,16-18H,4-8,19H2,1-3H3. The second-order valence-electron chi connectivity index (χ2n) is 6.45. The Morgan fingerprint density at radius 3 is 2.05 bits per heavy atom. The second-order valence-corrected chi connectivity index (χ2v) is 6.45. The summed E-state index contributed by atoms with van der Waals surface area (Å²) in [5.74, 6) is 1.19. The van der Waals surface area contributed by atoms with Crippen molar-refractivity contribution in [3.05, 3.63) is 35.4 Å². The molecule has 0 aliphatic heterocycles. The lowest BCUT2D eigenvalue weighted by atomic mass is 9.81. The molecular formula is C18H29NO. The number of nitrogens with two attached hydrogens (primary N) is 1. The molecule has 1 aromatic rings. The summed E-state index contributed by atoms with van der Waals surface area (Å²) in [7, 11) is 1.81. The minimum Gasteiger partial charge on any atom is -0.379 e. The number of rotatable bonds is 5. The number of methoxy groups -OCH3 is 1. The van der Waals surface area contributed by atoms with E-state index < -0.39 is 0 Å². The molecule has 2 nitrogen and oxygen atoms in total. The molecule has 1 saturated carbocycles. The Bertz CT molecular complexity index is 392. The van der Waals surface area contributed by atoms with E-state index in [1.807, 2.05) is 7.11 Å². The zero-order valence-electron chi connectivity index (χ0n) is 13.1. The largest absolute Gasteiger partial charge is 0.379 e. The maximum absolute atomic E-state index is 6.48. The van der Waals surface area contributed by atoms with E-state index in [4.69, 9.17) is 10.5 Å². The van der Waals surface area contributed by atoms with E-state index in [2.05, 4.69) is 38.1 Å². The van der Waals surface area contributed by atoms with Crippen molar-refractivity contribution in [1.29, 1.82) is 0 Å². The van der Waals surface area contributed by atoms with Crippen LogP contribution in [0.25, 0.3) is 0 Å². The van der Waals surface area contributed by atoms with Gasteiger partial charge in [0.2, 0.25) is 0 Å². The highest BCUT2D eigenvalue weighted by Gasteiger charge is 2.29. The third-order valence-corrected chi connectivity index (χ3v) is 4.73. The molecule has 2 atom stereocenters. The van der Waals surface area contributed by atoms with Gasteiger partial charge in [-0.15, -0.1) is 0 Å². The van der Waals surface area contributed by atoms with Gasteiger partial charge in [-0.25, -0.2) is 0 Å². The van der Waals surface area contributed by atoms with Gasteiger partial charge in [0, 0.05) is 7.11 Å². The fourth-order valence-corrected chi connectivity index (χ4v) is 3.39. The van der Waals surface area contributed by atoms with Gasteiger partial charge in [0.05, 0.1) is 12.1 Å². The predicted octanol–water partition coefficient (Wildman–Crippen LogP) is 4.41. The first kappa shape index (κ1) is 15.5. The second kappa shape index (κ2) is 7.24. The third kappa shape index (κ3) is 3.62. The van der Waals surface area contributed by atoms with Gasteiger partial charge >= 0.3 is 0 Å². The fourth-order valence-electron chi connectivity index (χ4n) is 3.39. The Hall–Kier alpha value is -0.860. The lowest BCUT2D eigenvalue weighted by Gasteiger charge is -2.33. The smallest absolute Gasteiger partial charge is 0.0791 e. The van der Waals surface area contributed by atoms with Crippen LogP contribution in [0.3, 0.4) is 0 Å². The van der Waals surface area contributed by atoms with E-state index in [-0.39, 0.29) is 12.1 Å². The minimum atomic E-state index is -0.00990. The molecule has 20 heavy (non-hydrogen) atoms. The van der Waals surface area contributed by atoms with Gasteiger partial charge in [-0.3, -0.25) is 0 Å². The maximum atomic E-state index is 6.48. The Kier molecular flexibility index (Phi) is 5.62. The molecule has 0 aromatic heterocycles. The highest BCUT2D eigenvalue weighted by molar-refractivity contribution is 5.27. The van der Waals surface area contributed by atoms with Gasteiger partial charge in [0.25, 0.3) is 0 Å². The zero-order chi connectivity index (χ0) is 14.5. The summed E-state index contributed by atoms with van der Waals surface area (Å²) in [6, 6.07) is 8.74.